The highest BCUT2D eigenvalue weighted by Gasteiger charge is 2.50. The van der Waals surface area contributed by atoms with Crippen LogP contribution in [0.3, 0.4) is 0 Å². The van der Waals surface area contributed by atoms with Crippen LogP contribution in [0.15, 0.2) is 42.5 Å². The molecule has 1 N–H and O–H groups in total. The summed E-state index contributed by atoms with van der Waals surface area (Å²) in [5, 5.41) is 10.6. The van der Waals surface area contributed by atoms with Crippen molar-refractivity contribution in [3.8, 4) is 5.75 Å². The molecule has 200 valence electrons. The first kappa shape index (κ1) is 28.6. The monoisotopic (exact) mass is 532 g/mol. The van der Waals surface area contributed by atoms with Gasteiger partial charge in [0.25, 0.3) is 0 Å². The van der Waals surface area contributed by atoms with Crippen LogP contribution in [0.25, 0.3) is 0 Å². The van der Waals surface area contributed by atoms with Gasteiger partial charge in [-0.05, 0) is 55.2 Å². The van der Waals surface area contributed by atoms with Crippen LogP contribution < -0.4 is 4.74 Å². The molecule has 3 rings (SSSR count). The second kappa shape index (κ2) is 13.0. The number of Topliss-reactive ketones (excluding diaryl/α,β-unsaturated/α-hetero) is 1. The summed E-state index contributed by atoms with van der Waals surface area (Å²) in [7, 11) is 0. The first-order chi connectivity index (χ1) is 17.6. The molecule has 0 aliphatic carbocycles. The van der Waals surface area contributed by atoms with Crippen LogP contribution in [0.5, 0.6) is 5.75 Å². The molecule has 0 amide bonds. The number of benzene rings is 2. The Morgan fingerprint density at radius 1 is 0.973 bits per heavy atom. The van der Waals surface area contributed by atoms with Crippen LogP contribution in [0.2, 0.25) is 5.02 Å². The van der Waals surface area contributed by atoms with Crippen LogP contribution in [-0.2, 0) is 35.0 Å². The molecule has 37 heavy (non-hydrogen) atoms. The number of aliphatic hydroxyl groups excluding tert-OH is 1. The number of aliphatic hydroxyl groups is 1. The third-order valence-electron chi connectivity index (χ3n) is 6.16. The molecule has 5 unspecified atom stereocenters. The molecule has 8 nitrogen and oxygen atoms in total. The molecule has 1 fully saturated rings. The van der Waals surface area contributed by atoms with Crippen molar-refractivity contribution in [1.82, 2.24) is 0 Å². The number of hydrogen-bond donors (Lipinski definition) is 1. The minimum atomic E-state index is -1.07. The number of rotatable bonds is 10. The van der Waals surface area contributed by atoms with Crippen molar-refractivity contribution in [2.24, 2.45) is 5.92 Å². The molecular weight excluding hydrogens is 500 g/mol. The molecule has 0 aromatic heterocycles. The van der Waals surface area contributed by atoms with E-state index in [9.17, 15) is 19.5 Å². The highest BCUT2D eigenvalue weighted by molar-refractivity contribution is 6.31. The normalized spacial score (nSPS) is 23.2. The van der Waals surface area contributed by atoms with E-state index in [-0.39, 0.29) is 12.2 Å². The summed E-state index contributed by atoms with van der Waals surface area (Å²) in [4.78, 5) is 36.1. The maximum Gasteiger partial charge on any atom is 0.303 e. The molecule has 0 bridgehead atoms. The Morgan fingerprint density at radius 3 is 2.19 bits per heavy atom. The smallest absolute Gasteiger partial charge is 0.303 e. The summed E-state index contributed by atoms with van der Waals surface area (Å²) in [5.41, 5.74) is 2.56. The highest BCUT2D eigenvalue weighted by Crippen LogP contribution is 2.42. The van der Waals surface area contributed by atoms with Gasteiger partial charge >= 0.3 is 11.9 Å². The first-order valence-corrected chi connectivity index (χ1v) is 12.6. The number of carbonyl (C=O) groups is 3. The fourth-order valence-corrected chi connectivity index (χ4v) is 4.88. The third-order valence-corrected chi connectivity index (χ3v) is 6.53. The van der Waals surface area contributed by atoms with Crippen LogP contribution in [0.4, 0.5) is 0 Å². The predicted octanol–water partition coefficient (Wildman–Crippen LogP) is 4.22. The van der Waals surface area contributed by atoms with Gasteiger partial charge in [-0.2, -0.15) is 0 Å². The standard InChI is InChI=1S/C28H33ClO8/c1-5-34-22-9-6-19(7-10-22)13-21-14-20(8-11-24(21)29)26-23(12-16(2)31)27(35-17(3)32)28(36-18(4)33)25(15-30)37-26/h6-11,14,23,25-28,30H,5,12-13,15H2,1-4H3. The van der Waals surface area contributed by atoms with Crippen molar-refractivity contribution >= 4 is 29.3 Å². The Hall–Kier alpha value is -2.94. The Kier molecular flexibility index (Phi) is 10.1. The maximum atomic E-state index is 12.3. The van der Waals surface area contributed by atoms with E-state index in [0.717, 1.165) is 16.9 Å². The SMILES string of the molecule is CCOc1ccc(Cc2cc(C3OC(CO)C(OC(C)=O)C(OC(C)=O)C3CC(C)=O)ccc2Cl)cc1. The summed E-state index contributed by atoms with van der Waals surface area (Å²) in [6, 6.07) is 13.2. The lowest BCUT2D eigenvalue weighted by Gasteiger charge is -2.45. The zero-order chi connectivity index (χ0) is 27.1. The molecule has 9 heteroatoms. The largest absolute Gasteiger partial charge is 0.494 e. The van der Waals surface area contributed by atoms with E-state index in [1.54, 1.807) is 12.1 Å². The predicted molar refractivity (Wildman–Crippen MR) is 136 cm³/mol. The third kappa shape index (κ3) is 7.53. The first-order valence-electron chi connectivity index (χ1n) is 12.2. The molecule has 1 saturated heterocycles. The molecule has 1 aliphatic rings. The van der Waals surface area contributed by atoms with E-state index in [0.29, 0.717) is 23.6 Å². The average Bonchev–Trinajstić information content (AvgIpc) is 2.83. The fraction of sp³-hybridized carbons (Fsp3) is 0.464. The van der Waals surface area contributed by atoms with E-state index < -0.39 is 48.9 Å². The van der Waals surface area contributed by atoms with Crippen LogP contribution in [-0.4, -0.2) is 54.4 Å². The van der Waals surface area contributed by atoms with Gasteiger partial charge in [0.15, 0.2) is 6.10 Å². The van der Waals surface area contributed by atoms with E-state index >= 15 is 0 Å². The van der Waals surface area contributed by atoms with Gasteiger partial charge in [0.2, 0.25) is 0 Å². The Balaban J connectivity index is 1.99. The zero-order valence-electron chi connectivity index (χ0n) is 21.4. The number of halogens is 1. The van der Waals surface area contributed by atoms with E-state index in [1.807, 2.05) is 37.3 Å². The van der Waals surface area contributed by atoms with Crippen molar-refractivity contribution in [3.05, 3.63) is 64.2 Å². The molecule has 2 aromatic carbocycles. The van der Waals surface area contributed by atoms with Crippen molar-refractivity contribution in [2.75, 3.05) is 13.2 Å². The minimum absolute atomic E-state index is 0.00930. The van der Waals surface area contributed by atoms with Gasteiger partial charge in [-0.15, -0.1) is 0 Å². The highest BCUT2D eigenvalue weighted by atomic mass is 35.5. The van der Waals surface area contributed by atoms with Crippen molar-refractivity contribution < 1.29 is 38.4 Å². The van der Waals surface area contributed by atoms with E-state index in [4.69, 9.17) is 30.5 Å². The minimum Gasteiger partial charge on any atom is -0.494 e. The summed E-state index contributed by atoms with van der Waals surface area (Å²) < 4.78 is 22.7. The number of esters is 2. The van der Waals surface area contributed by atoms with Crippen LogP contribution in [0.1, 0.15) is 56.9 Å². The number of hydrogen-bond acceptors (Lipinski definition) is 8. The summed E-state index contributed by atoms with van der Waals surface area (Å²) in [6.45, 7) is 5.92. The second-order valence-corrected chi connectivity index (χ2v) is 9.51. The average molecular weight is 533 g/mol. The van der Waals surface area contributed by atoms with E-state index in [2.05, 4.69) is 0 Å². The lowest BCUT2D eigenvalue weighted by Crippen LogP contribution is -2.56. The van der Waals surface area contributed by atoms with Gasteiger partial charge in [-0.25, -0.2) is 0 Å². The van der Waals surface area contributed by atoms with Gasteiger partial charge in [0, 0.05) is 31.2 Å². The fourth-order valence-electron chi connectivity index (χ4n) is 4.70. The van der Waals surface area contributed by atoms with Crippen LogP contribution in [0, 0.1) is 5.92 Å². The molecular formula is C28H33ClO8. The van der Waals surface area contributed by atoms with Crippen molar-refractivity contribution in [2.45, 2.75) is 65.0 Å². The van der Waals surface area contributed by atoms with Gasteiger partial charge in [-0.3, -0.25) is 9.59 Å². The number of ketones is 1. The molecule has 0 spiro atoms. The van der Waals surface area contributed by atoms with Crippen molar-refractivity contribution in [3.63, 3.8) is 0 Å². The Labute approximate surface area is 221 Å². The quantitative estimate of drug-likeness (QED) is 0.453. The second-order valence-electron chi connectivity index (χ2n) is 9.10. The Morgan fingerprint density at radius 2 is 1.62 bits per heavy atom. The van der Waals surface area contributed by atoms with Gasteiger partial charge in [-0.1, -0.05) is 35.9 Å². The Bertz CT molecular complexity index is 1100. The van der Waals surface area contributed by atoms with Crippen LogP contribution >= 0.6 is 11.6 Å². The molecule has 2 aromatic rings. The lowest BCUT2D eigenvalue weighted by molar-refractivity contribution is -0.233. The van der Waals surface area contributed by atoms with Gasteiger partial charge < -0.3 is 28.8 Å². The van der Waals surface area contributed by atoms with Gasteiger partial charge in [0.1, 0.15) is 23.7 Å². The molecule has 1 aliphatic heterocycles. The number of ether oxygens (including phenoxy) is 4. The topological polar surface area (TPSA) is 108 Å². The summed E-state index contributed by atoms with van der Waals surface area (Å²) >= 11 is 6.53. The lowest BCUT2D eigenvalue weighted by atomic mass is 9.80. The molecule has 1 heterocycles. The number of carbonyl (C=O) groups excluding carboxylic acids is 3. The summed E-state index contributed by atoms with van der Waals surface area (Å²) in [6.07, 6.45) is -3.21. The van der Waals surface area contributed by atoms with E-state index in [1.165, 1.54) is 20.8 Å². The van der Waals surface area contributed by atoms with Crippen molar-refractivity contribution in [1.29, 1.82) is 0 Å². The maximum absolute atomic E-state index is 12.3. The molecule has 0 radical (unpaired) electrons. The summed E-state index contributed by atoms with van der Waals surface area (Å²) in [5.74, 6) is -1.24. The molecule has 5 atom stereocenters. The van der Waals surface area contributed by atoms with Gasteiger partial charge in [0.05, 0.1) is 19.3 Å². The zero-order valence-corrected chi connectivity index (χ0v) is 22.2. The molecule has 0 saturated carbocycles.